The number of methoxy groups -OCH3 is 2. The van der Waals surface area contributed by atoms with Crippen LogP contribution < -0.4 is 9.47 Å². The molecule has 106 valence electrons. The number of carbonyl (C=O) groups is 1. The molecule has 0 spiro atoms. The van der Waals surface area contributed by atoms with Gasteiger partial charge >= 0.3 is 0 Å². The molecule has 0 fully saturated rings. The summed E-state index contributed by atoms with van der Waals surface area (Å²) >= 11 is 3.38. The molecule has 0 bridgehead atoms. The predicted octanol–water partition coefficient (Wildman–Crippen LogP) is 3.85. The number of carbonyl (C=O) groups excluding carboxylic acids is 1. The number of rotatable bonds is 5. The molecular weight excluding hydrogens is 324 g/mol. The van der Waals surface area contributed by atoms with Gasteiger partial charge in [-0.2, -0.15) is 0 Å². The van der Waals surface area contributed by atoms with E-state index in [9.17, 15) is 4.79 Å². The molecule has 0 atom stereocenters. The maximum atomic E-state index is 12.4. The molecule has 20 heavy (non-hydrogen) atoms. The Morgan fingerprint density at radius 1 is 1.20 bits per heavy atom. The van der Waals surface area contributed by atoms with Crippen molar-refractivity contribution in [1.82, 2.24) is 0 Å². The van der Waals surface area contributed by atoms with Crippen LogP contribution >= 0.6 is 15.9 Å². The molecule has 5 heteroatoms. The summed E-state index contributed by atoms with van der Waals surface area (Å²) in [6.07, 6.45) is 0.750. The van der Waals surface area contributed by atoms with Gasteiger partial charge in [-0.25, -0.2) is 0 Å². The molecule has 0 saturated heterocycles. The molecule has 2 aromatic rings. The number of aryl methyl sites for hydroxylation is 1. The number of hydrogen-bond donors (Lipinski definition) is 0. The van der Waals surface area contributed by atoms with Crippen LogP contribution in [-0.4, -0.2) is 20.0 Å². The lowest BCUT2D eigenvalue weighted by Gasteiger charge is -2.10. The standard InChI is InChI=1S/C15H15BrO4/c1-4-9-5-6-12(20-9)15(17)10-7-13(18-2)14(19-3)8-11(10)16/h5-8H,4H2,1-3H3. The average Bonchev–Trinajstić information content (AvgIpc) is 2.95. The van der Waals surface area contributed by atoms with Crippen LogP contribution in [0.25, 0.3) is 0 Å². The number of ketones is 1. The molecule has 0 aliphatic carbocycles. The Morgan fingerprint density at radius 2 is 1.85 bits per heavy atom. The van der Waals surface area contributed by atoms with Crippen molar-refractivity contribution in [2.75, 3.05) is 14.2 Å². The molecule has 1 aromatic carbocycles. The monoisotopic (exact) mass is 338 g/mol. The van der Waals surface area contributed by atoms with E-state index in [2.05, 4.69) is 15.9 Å². The molecule has 4 nitrogen and oxygen atoms in total. The van der Waals surface area contributed by atoms with Gasteiger partial charge < -0.3 is 13.9 Å². The second-order valence-corrected chi connectivity index (χ2v) is 4.99. The first-order chi connectivity index (χ1) is 9.60. The number of furan rings is 1. The van der Waals surface area contributed by atoms with Gasteiger partial charge in [-0.1, -0.05) is 6.92 Å². The van der Waals surface area contributed by atoms with Crippen LogP contribution in [0.1, 0.15) is 28.8 Å². The fraction of sp³-hybridized carbons (Fsp3) is 0.267. The molecule has 0 saturated carbocycles. The van der Waals surface area contributed by atoms with E-state index in [1.165, 1.54) is 7.11 Å². The van der Waals surface area contributed by atoms with E-state index in [0.717, 1.165) is 12.2 Å². The lowest BCUT2D eigenvalue weighted by atomic mass is 10.1. The predicted molar refractivity (Wildman–Crippen MR) is 78.8 cm³/mol. The largest absolute Gasteiger partial charge is 0.493 e. The van der Waals surface area contributed by atoms with Crippen molar-refractivity contribution in [2.24, 2.45) is 0 Å². The Morgan fingerprint density at radius 3 is 2.40 bits per heavy atom. The molecule has 1 heterocycles. The minimum Gasteiger partial charge on any atom is -0.493 e. The van der Waals surface area contributed by atoms with Gasteiger partial charge in [-0.3, -0.25) is 4.79 Å². The van der Waals surface area contributed by atoms with Crippen molar-refractivity contribution in [1.29, 1.82) is 0 Å². The summed E-state index contributed by atoms with van der Waals surface area (Å²) in [6.45, 7) is 1.97. The Kier molecular flexibility index (Phi) is 4.49. The second-order valence-electron chi connectivity index (χ2n) is 4.14. The average molecular weight is 339 g/mol. The van der Waals surface area contributed by atoms with Crippen LogP contribution in [0.4, 0.5) is 0 Å². The van der Waals surface area contributed by atoms with Crippen molar-refractivity contribution < 1.29 is 18.7 Å². The van der Waals surface area contributed by atoms with E-state index in [4.69, 9.17) is 13.9 Å². The smallest absolute Gasteiger partial charge is 0.229 e. The molecule has 0 amide bonds. The summed E-state index contributed by atoms with van der Waals surface area (Å²) < 4.78 is 16.5. The van der Waals surface area contributed by atoms with Crippen LogP contribution in [0.3, 0.4) is 0 Å². The normalized spacial score (nSPS) is 10.4. The van der Waals surface area contributed by atoms with Crippen LogP contribution in [0.5, 0.6) is 11.5 Å². The highest BCUT2D eigenvalue weighted by atomic mass is 79.9. The van der Waals surface area contributed by atoms with E-state index in [-0.39, 0.29) is 5.78 Å². The van der Waals surface area contributed by atoms with E-state index in [1.54, 1.807) is 25.3 Å². The van der Waals surface area contributed by atoms with Crippen LogP contribution in [-0.2, 0) is 6.42 Å². The minimum absolute atomic E-state index is 0.197. The van der Waals surface area contributed by atoms with Crippen molar-refractivity contribution in [2.45, 2.75) is 13.3 Å². The first kappa shape index (κ1) is 14.7. The maximum absolute atomic E-state index is 12.4. The van der Waals surface area contributed by atoms with Crippen molar-refractivity contribution >= 4 is 21.7 Å². The SMILES string of the molecule is CCc1ccc(C(=O)c2cc(OC)c(OC)cc2Br)o1. The summed E-state index contributed by atoms with van der Waals surface area (Å²) in [5.41, 5.74) is 0.472. The molecule has 0 aliphatic rings. The highest BCUT2D eigenvalue weighted by molar-refractivity contribution is 9.10. The summed E-state index contributed by atoms with van der Waals surface area (Å²) in [7, 11) is 3.08. The third kappa shape index (κ3) is 2.72. The summed E-state index contributed by atoms with van der Waals surface area (Å²) in [5, 5.41) is 0. The van der Waals surface area contributed by atoms with E-state index in [0.29, 0.717) is 27.3 Å². The van der Waals surface area contributed by atoms with Crippen molar-refractivity contribution in [3.8, 4) is 11.5 Å². The molecule has 2 rings (SSSR count). The minimum atomic E-state index is -0.197. The first-order valence-corrected chi connectivity index (χ1v) is 6.95. The quantitative estimate of drug-likeness (QED) is 0.777. The van der Waals surface area contributed by atoms with Crippen LogP contribution in [0.2, 0.25) is 0 Å². The molecule has 0 radical (unpaired) electrons. The van der Waals surface area contributed by atoms with Crippen molar-refractivity contribution in [3.05, 3.63) is 45.8 Å². The number of benzene rings is 1. The fourth-order valence-electron chi connectivity index (χ4n) is 1.85. The summed E-state index contributed by atoms with van der Waals surface area (Å²) in [6, 6.07) is 6.83. The lowest BCUT2D eigenvalue weighted by Crippen LogP contribution is -2.02. The Bertz CT molecular complexity index is 631. The lowest BCUT2D eigenvalue weighted by molar-refractivity contribution is 0.101. The van der Waals surface area contributed by atoms with Gasteiger partial charge in [0, 0.05) is 16.5 Å². The Balaban J connectivity index is 2.43. The van der Waals surface area contributed by atoms with Gasteiger partial charge in [0.2, 0.25) is 5.78 Å². The number of halogens is 1. The van der Waals surface area contributed by atoms with Gasteiger partial charge in [0.05, 0.1) is 14.2 Å². The van der Waals surface area contributed by atoms with Crippen LogP contribution in [0, 0.1) is 0 Å². The van der Waals surface area contributed by atoms with E-state index in [1.807, 2.05) is 13.0 Å². The number of ether oxygens (including phenoxy) is 2. The fourth-order valence-corrected chi connectivity index (χ4v) is 2.35. The van der Waals surface area contributed by atoms with Gasteiger partial charge in [0.1, 0.15) is 5.76 Å². The Hall–Kier alpha value is -1.75. The molecule has 0 N–H and O–H groups in total. The van der Waals surface area contributed by atoms with Gasteiger partial charge in [0.25, 0.3) is 0 Å². The molecule has 0 aliphatic heterocycles. The van der Waals surface area contributed by atoms with Gasteiger partial charge in [-0.15, -0.1) is 0 Å². The topological polar surface area (TPSA) is 48.7 Å². The zero-order valence-corrected chi connectivity index (χ0v) is 13.1. The Labute approximate surface area is 125 Å². The summed E-state index contributed by atoms with van der Waals surface area (Å²) in [5.74, 6) is 1.96. The molecule has 1 aromatic heterocycles. The third-order valence-electron chi connectivity index (χ3n) is 2.95. The van der Waals surface area contributed by atoms with E-state index < -0.39 is 0 Å². The maximum Gasteiger partial charge on any atom is 0.229 e. The highest BCUT2D eigenvalue weighted by Crippen LogP contribution is 2.34. The first-order valence-electron chi connectivity index (χ1n) is 6.15. The number of hydrogen-bond acceptors (Lipinski definition) is 4. The zero-order chi connectivity index (χ0) is 14.7. The highest BCUT2D eigenvalue weighted by Gasteiger charge is 2.19. The van der Waals surface area contributed by atoms with Gasteiger partial charge in [0.15, 0.2) is 17.3 Å². The van der Waals surface area contributed by atoms with Gasteiger partial charge in [-0.05, 0) is 40.2 Å². The summed E-state index contributed by atoms with van der Waals surface area (Å²) in [4.78, 5) is 12.4. The second kappa shape index (κ2) is 6.13. The van der Waals surface area contributed by atoms with Crippen molar-refractivity contribution in [3.63, 3.8) is 0 Å². The zero-order valence-electron chi connectivity index (χ0n) is 11.5. The third-order valence-corrected chi connectivity index (χ3v) is 3.61. The van der Waals surface area contributed by atoms with E-state index >= 15 is 0 Å². The molecular formula is C15H15BrO4. The van der Waals surface area contributed by atoms with Crippen LogP contribution in [0.15, 0.2) is 33.2 Å². The molecule has 0 unspecified atom stereocenters.